The van der Waals surface area contributed by atoms with E-state index in [1.165, 1.54) is 41.3 Å². The molecule has 7 nitrogen and oxygen atoms in total. The van der Waals surface area contributed by atoms with Crippen LogP contribution < -0.4 is 15.5 Å². The van der Waals surface area contributed by atoms with E-state index in [-0.39, 0.29) is 29.2 Å². The second kappa shape index (κ2) is 9.22. The number of urea groups is 1. The number of aliphatic hydroxyl groups excluding tert-OH is 1. The topological polar surface area (TPSA) is 105 Å². The standard InChI is InChI=1S/C26H19ClF2N4O3/c27-19-5-3-14(28)10-16(19)24-23-18(25(35)32-24)8-13(2-1-7-30)9-20(23)31-26(36)33-12-22(34)17-11-15(29)4-6-21(17)33/h3-6,8-11,22,24,34H,1-2,12H2,(H,31,36)(H,32,35)/t22-,24+/m1/s1. The van der Waals surface area contributed by atoms with Gasteiger partial charge in [0.15, 0.2) is 0 Å². The quantitative estimate of drug-likeness (QED) is 0.461. The van der Waals surface area contributed by atoms with Crippen molar-refractivity contribution in [3.8, 4) is 6.07 Å². The molecule has 5 rings (SSSR count). The molecule has 3 N–H and O–H groups in total. The zero-order chi connectivity index (χ0) is 25.6. The molecule has 0 saturated carbocycles. The number of benzene rings is 3. The fourth-order valence-electron chi connectivity index (χ4n) is 4.69. The highest BCUT2D eigenvalue weighted by Gasteiger charge is 2.36. The van der Waals surface area contributed by atoms with Crippen molar-refractivity contribution in [2.75, 3.05) is 16.8 Å². The maximum Gasteiger partial charge on any atom is 0.326 e. The number of nitriles is 1. The van der Waals surface area contributed by atoms with Crippen LogP contribution in [0, 0.1) is 23.0 Å². The van der Waals surface area contributed by atoms with Crippen molar-refractivity contribution in [1.82, 2.24) is 5.32 Å². The SMILES string of the molecule is N#CCCc1cc(NC(=O)N2C[C@@H](O)c3cc(F)ccc32)c2c(c1)C(=O)N[C@H]2c1cc(F)ccc1Cl. The van der Waals surface area contributed by atoms with Gasteiger partial charge >= 0.3 is 6.03 Å². The molecule has 2 heterocycles. The lowest BCUT2D eigenvalue weighted by atomic mass is 9.93. The smallest absolute Gasteiger partial charge is 0.326 e. The van der Waals surface area contributed by atoms with Crippen molar-refractivity contribution in [2.24, 2.45) is 0 Å². The fourth-order valence-corrected chi connectivity index (χ4v) is 4.92. The molecule has 2 atom stereocenters. The number of hydrogen-bond acceptors (Lipinski definition) is 4. The van der Waals surface area contributed by atoms with Crippen molar-refractivity contribution in [2.45, 2.75) is 25.0 Å². The van der Waals surface area contributed by atoms with E-state index in [0.717, 1.165) is 0 Å². The predicted molar refractivity (Wildman–Crippen MR) is 129 cm³/mol. The number of halogens is 3. The molecule has 0 aliphatic carbocycles. The molecule has 0 saturated heterocycles. The van der Waals surface area contributed by atoms with Crippen LogP contribution in [0.5, 0.6) is 0 Å². The molecule has 36 heavy (non-hydrogen) atoms. The number of β-amino-alcohol motifs (C(OH)–C–C–N with tert-alkyl or cyclic N) is 1. The van der Waals surface area contributed by atoms with Gasteiger partial charge in [-0.1, -0.05) is 11.6 Å². The number of nitrogens with zero attached hydrogens (tertiary/aromatic N) is 2. The Morgan fingerprint density at radius 3 is 2.64 bits per heavy atom. The molecular weight excluding hydrogens is 490 g/mol. The zero-order valence-corrected chi connectivity index (χ0v) is 19.4. The Hall–Kier alpha value is -4.00. The maximum absolute atomic E-state index is 14.1. The number of amides is 3. The van der Waals surface area contributed by atoms with Gasteiger partial charge in [-0.25, -0.2) is 13.6 Å². The van der Waals surface area contributed by atoms with Crippen molar-refractivity contribution < 1.29 is 23.5 Å². The molecule has 0 unspecified atom stereocenters. The minimum Gasteiger partial charge on any atom is -0.386 e. The number of aryl methyl sites for hydroxylation is 1. The minimum atomic E-state index is -1.06. The number of nitrogens with one attached hydrogen (secondary N) is 2. The summed E-state index contributed by atoms with van der Waals surface area (Å²) in [6.07, 6.45) is -0.517. The van der Waals surface area contributed by atoms with Gasteiger partial charge in [-0.3, -0.25) is 9.69 Å². The Morgan fingerprint density at radius 1 is 1.17 bits per heavy atom. The van der Waals surface area contributed by atoms with Crippen LogP contribution >= 0.6 is 11.6 Å². The number of aliphatic hydroxyl groups is 1. The van der Waals surface area contributed by atoms with Gasteiger partial charge in [-0.05, 0) is 60.5 Å². The highest BCUT2D eigenvalue weighted by molar-refractivity contribution is 6.31. The van der Waals surface area contributed by atoms with E-state index in [0.29, 0.717) is 34.4 Å². The number of carbonyl (C=O) groups excluding carboxylic acids is 2. The molecule has 2 aliphatic rings. The summed E-state index contributed by atoms with van der Waals surface area (Å²) >= 11 is 6.33. The molecule has 0 fully saturated rings. The van der Waals surface area contributed by atoms with Gasteiger partial charge in [0.05, 0.1) is 30.4 Å². The summed E-state index contributed by atoms with van der Waals surface area (Å²) in [5, 5.41) is 25.2. The number of anilines is 2. The second-order valence-corrected chi connectivity index (χ2v) is 9.00. The van der Waals surface area contributed by atoms with Crippen LogP contribution in [0.4, 0.5) is 25.0 Å². The summed E-state index contributed by atoms with van der Waals surface area (Å²) in [7, 11) is 0. The van der Waals surface area contributed by atoms with Crippen LogP contribution in [0.2, 0.25) is 5.02 Å². The number of carbonyl (C=O) groups is 2. The van der Waals surface area contributed by atoms with E-state index < -0.39 is 35.7 Å². The third-order valence-corrected chi connectivity index (χ3v) is 6.67. The van der Waals surface area contributed by atoms with Gasteiger partial charge in [-0.15, -0.1) is 0 Å². The Balaban J connectivity index is 1.57. The molecule has 0 aromatic heterocycles. The number of rotatable bonds is 4. The Kier molecular flexibility index (Phi) is 6.08. The molecule has 3 aromatic carbocycles. The van der Waals surface area contributed by atoms with Gasteiger partial charge in [0.2, 0.25) is 0 Å². The van der Waals surface area contributed by atoms with E-state index in [1.807, 2.05) is 0 Å². The average Bonchev–Trinajstić information content (AvgIpc) is 3.36. The van der Waals surface area contributed by atoms with E-state index in [9.17, 15) is 23.5 Å². The molecule has 10 heteroatoms. The first-order chi connectivity index (χ1) is 17.3. The van der Waals surface area contributed by atoms with Crippen molar-refractivity contribution >= 4 is 34.9 Å². The maximum atomic E-state index is 14.1. The molecule has 0 bridgehead atoms. The van der Waals surface area contributed by atoms with E-state index >= 15 is 0 Å². The largest absolute Gasteiger partial charge is 0.386 e. The average molecular weight is 509 g/mol. The Morgan fingerprint density at radius 2 is 1.89 bits per heavy atom. The fraction of sp³-hybridized carbons (Fsp3) is 0.192. The Bertz CT molecular complexity index is 1460. The van der Waals surface area contributed by atoms with Crippen LogP contribution in [0.3, 0.4) is 0 Å². The van der Waals surface area contributed by atoms with E-state index in [1.54, 1.807) is 12.1 Å². The van der Waals surface area contributed by atoms with Gasteiger partial charge in [0.25, 0.3) is 5.91 Å². The van der Waals surface area contributed by atoms with Crippen molar-refractivity contribution in [1.29, 1.82) is 5.26 Å². The summed E-state index contributed by atoms with van der Waals surface area (Å²) in [5.74, 6) is -1.50. The van der Waals surface area contributed by atoms with Gasteiger partial charge in [0.1, 0.15) is 11.6 Å². The summed E-state index contributed by atoms with van der Waals surface area (Å²) < 4.78 is 27.7. The lowest BCUT2D eigenvalue weighted by Gasteiger charge is -2.22. The molecular formula is C26H19ClF2N4O3. The summed E-state index contributed by atoms with van der Waals surface area (Å²) in [6, 6.07) is 11.5. The Labute approximate surface area is 209 Å². The van der Waals surface area contributed by atoms with Crippen LogP contribution in [0.15, 0.2) is 48.5 Å². The third kappa shape index (κ3) is 4.15. The highest BCUT2D eigenvalue weighted by Crippen LogP contribution is 2.41. The van der Waals surface area contributed by atoms with Gasteiger partial charge in [-0.2, -0.15) is 5.26 Å². The summed E-state index contributed by atoms with van der Waals surface area (Å²) in [4.78, 5) is 27.5. The number of hydrogen-bond donors (Lipinski definition) is 3. The zero-order valence-electron chi connectivity index (χ0n) is 18.7. The first kappa shape index (κ1) is 23.7. The molecule has 3 amide bonds. The molecule has 0 spiro atoms. The minimum absolute atomic E-state index is 0.0860. The van der Waals surface area contributed by atoms with Crippen LogP contribution in [-0.2, 0) is 6.42 Å². The summed E-state index contributed by atoms with van der Waals surface area (Å²) in [6.45, 7) is -0.0860. The normalized spacial score (nSPS) is 17.9. The second-order valence-electron chi connectivity index (χ2n) is 8.59. The third-order valence-electron chi connectivity index (χ3n) is 6.32. The van der Waals surface area contributed by atoms with Crippen molar-refractivity contribution in [3.63, 3.8) is 0 Å². The first-order valence-corrected chi connectivity index (χ1v) is 11.5. The van der Waals surface area contributed by atoms with Crippen LogP contribution in [0.1, 0.15) is 51.2 Å². The molecule has 0 radical (unpaired) electrons. The first-order valence-electron chi connectivity index (χ1n) is 11.1. The van der Waals surface area contributed by atoms with Crippen LogP contribution in [0.25, 0.3) is 0 Å². The molecule has 182 valence electrons. The van der Waals surface area contributed by atoms with E-state index in [2.05, 4.69) is 16.7 Å². The monoisotopic (exact) mass is 508 g/mol. The van der Waals surface area contributed by atoms with Crippen LogP contribution in [-0.4, -0.2) is 23.6 Å². The lowest BCUT2D eigenvalue weighted by Crippen LogP contribution is -2.34. The highest BCUT2D eigenvalue weighted by atomic mass is 35.5. The number of fused-ring (bicyclic) bond motifs is 2. The van der Waals surface area contributed by atoms with Gasteiger partial charge < -0.3 is 15.7 Å². The lowest BCUT2D eigenvalue weighted by molar-refractivity contribution is 0.0960. The van der Waals surface area contributed by atoms with E-state index in [4.69, 9.17) is 16.9 Å². The molecule has 3 aromatic rings. The van der Waals surface area contributed by atoms with Crippen molar-refractivity contribution in [3.05, 3.63) is 93.0 Å². The van der Waals surface area contributed by atoms with Gasteiger partial charge in [0, 0.05) is 39.4 Å². The molecule has 2 aliphatic heterocycles. The summed E-state index contributed by atoms with van der Waals surface area (Å²) in [5.41, 5.74) is 2.57. The predicted octanol–water partition coefficient (Wildman–Crippen LogP) is 4.99.